The Labute approximate surface area is 336 Å². The molecule has 9 nitrogen and oxygen atoms in total. The van der Waals surface area contributed by atoms with Crippen LogP contribution in [0, 0.1) is 23.7 Å². The van der Waals surface area contributed by atoms with Crippen molar-refractivity contribution in [2.24, 2.45) is 23.7 Å². The molecule has 4 aliphatic rings. The SMILES string of the molecule is COc1c(O)c(O)c(CO)c(C2CC(O)C3CCC(c4ccc(O)c(C5CC(C6CCCC6)CCC5C(O)CCc5ccccc5)c4)CC3O2)c1Cc1cc[n-]c1. The van der Waals surface area contributed by atoms with Gasteiger partial charge in [-0.2, -0.15) is 12.4 Å². The fourth-order valence-corrected chi connectivity index (χ4v) is 11.5. The van der Waals surface area contributed by atoms with Gasteiger partial charge in [0.1, 0.15) is 5.75 Å². The van der Waals surface area contributed by atoms with E-state index in [0.717, 1.165) is 61.1 Å². The Morgan fingerprint density at radius 2 is 1.65 bits per heavy atom. The van der Waals surface area contributed by atoms with Crippen molar-refractivity contribution in [2.45, 2.75) is 133 Å². The van der Waals surface area contributed by atoms with Gasteiger partial charge in [0.25, 0.3) is 0 Å². The zero-order valence-corrected chi connectivity index (χ0v) is 33.2. The van der Waals surface area contributed by atoms with Crippen molar-refractivity contribution in [3.05, 3.63) is 106 Å². The fourth-order valence-electron chi connectivity index (χ4n) is 11.5. The Kier molecular flexibility index (Phi) is 12.2. The topological polar surface area (TPSA) is 154 Å². The van der Waals surface area contributed by atoms with Crippen molar-refractivity contribution in [1.82, 2.24) is 4.98 Å². The number of aromatic hydroxyl groups is 3. The third kappa shape index (κ3) is 8.18. The van der Waals surface area contributed by atoms with Crippen molar-refractivity contribution in [3.63, 3.8) is 0 Å². The number of aliphatic hydroxyl groups excluding tert-OH is 3. The monoisotopic (exact) mass is 778 g/mol. The molecule has 3 aromatic carbocycles. The molecule has 9 unspecified atom stereocenters. The number of benzene rings is 3. The summed E-state index contributed by atoms with van der Waals surface area (Å²) < 4.78 is 12.6. The van der Waals surface area contributed by atoms with Crippen LogP contribution >= 0.6 is 0 Å². The van der Waals surface area contributed by atoms with E-state index >= 15 is 0 Å². The second-order valence-electron chi connectivity index (χ2n) is 17.5. The van der Waals surface area contributed by atoms with E-state index in [2.05, 4.69) is 35.3 Å². The molecule has 2 heterocycles. The molecule has 1 aromatic heterocycles. The smallest absolute Gasteiger partial charge is 0.201 e. The van der Waals surface area contributed by atoms with Crippen molar-refractivity contribution in [1.29, 1.82) is 0 Å². The maximum atomic E-state index is 11.8. The number of ether oxygens (including phenoxy) is 2. The Morgan fingerprint density at radius 1 is 0.842 bits per heavy atom. The van der Waals surface area contributed by atoms with Gasteiger partial charge in [-0.3, -0.25) is 0 Å². The van der Waals surface area contributed by atoms with Gasteiger partial charge < -0.3 is 45.1 Å². The van der Waals surface area contributed by atoms with Gasteiger partial charge in [0.2, 0.25) is 5.75 Å². The number of aromatic nitrogens is 1. The average Bonchev–Trinajstić information content (AvgIpc) is 3.97. The highest BCUT2D eigenvalue weighted by Gasteiger charge is 2.45. The summed E-state index contributed by atoms with van der Waals surface area (Å²) in [7, 11) is 1.43. The van der Waals surface area contributed by atoms with Crippen molar-refractivity contribution in [2.75, 3.05) is 7.11 Å². The third-order valence-corrected chi connectivity index (χ3v) is 14.5. The second kappa shape index (κ2) is 17.5. The lowest BCUT2D eigenvalue weighted by molar-refractivity contribution is -0.154. The van der Waals surface area contributed by atoms with Crippen molar-refractivity contribution >= 4 is 0 Å². The Morgan fingerprint density at radius 3 is 2.39 bits per heavy atom. The quantitative estimate of drug-likeness (QED) is 0.0780. The van der Waals surface area contributed by atoms with Gasteiger partial charge in [-0.15, -0.1) is 0 Å². The van der Waals surface area contributed by atoms with Gasteiger partial charge in [0.15, 0.2) is 11.5 Å². The molecule has 1 saturated heterocycles. The lowest BCUT2D eigenvalue weighted by atomic mass is 9.64. The predicted molar refractivity (Wildman–Crippen MR) is 218 cm³/mol. The summed E-state index contributed by atoms with van der Waals surface area (Å²) in [5, 5.41) is 67.6. The molecule has 306 valence electrons. The van der Waals surface area contributed by atoms with E-state index in [1.165, 1.54) is 38.4 Å². The molecule has 1 aliphatic heterocycles. The summed E-state index contributed by atoms with van der Waals surface area (Å²) in [6.07, 6.45) is 14.0. The zero-order chi connectivity index (χ0) is 39.6. The minimum atomic E-state index is -0.667. The first-order valence-electron chi connectivity index (χ1n) is 21.4. The standard InChI is InChI=1S/C48H60NO8/c1-56-48-38(21-29-19-20-49-26-29)45(39(27-50)46(54)47(48)55)44-25-42(53)35-16-13-33(24-43(35)57-44)32-14-18-41(52)37(23-32)36-22-31(30-9-5-6-10-30)12-15-34(36)40(51)17-11-28-7-3-2-4-8-28/h2-4,7-8,14,18-20,23,26,30-31,33-36,40,42-44,50-55H,5-6,9-13,15-17,21-22,24-25,27H2,1H3/q-1. The first-order chi connectivity index (χ1) is 27.7. The summed E-state index contributed by atoms with van der Waals surface area (Å²) in [5.74, 6) is 1.04. The number of phenolic OH excluding ortho intramolecular Hbond substituents is 2. The maximum Gasteiger partial charge on any atom is 0.201 e. The number of hydrogen-bond donors (Lipinski definition) is 6. The van der Waals surface area contributed by atoms with E-state index in [0.29, 0.717) is 42.1 Å². The van der Waals surface area contributed by atoms with Crippen molar-refractivity contribution in [3.8, 4) is 23.0 Å². The van der Waals surface area contributed by atoms with E-state index < -0.39 is 36.4 Å². The van der Waals surface area contributed by atoms with Gasteiger partial charge in [0.05, 0.1) is 38.1 Å². The number of aryl methyl sites for hydroxylation is 1. The molecule has 4 aromatic rings. The average molecular weight is 779 g/mol. The van der Waals surface area contributed by atoms with Crippen LogP contribution in [0.4, 0.5) is 0 Å². The molecule has 0 radical (unpaired) electrons. The molecule has 6 N–H and O–H groups in total. The highest BCUT2D eigenvalue weighted by Crippen LogP contribution is 2.54. The molecular weight excluding hydrogens is 719 g/mol. The highest BCUT2D eigenvalue weighted by molar-refractivity contribution is 5.64. The Balaban J connectivity index is 1.06. The summed E-state index contributed by atoms with van der Waals surface area (Å²) >= 11 is 0. The summed E-state index contributed by atoms with van der Waals surface area (Å²) in [5.41, 5.74) is 5.48. The lowest BCUT2D eigenvalue weighted by Gasteiger charge is -2.46. The zero-order valence-electron chi connectivity index (χ0n) is 33.2. The molecular formula is C48H60NO8-. The second-order valence-corrected chi connectivity index (χ2v) is 17.5. The van der Waals surface area contributed by atoms with Crippen LogP contribution in [0.1, 0.15) is 134 Å². The molecule has 0 spiro atoms. The van der Waals surface area contributed by atoms with Crippen LogP contribution < -0.4 is 9.72 Å². The first kappa shape index (κ1) is 39.8. The number of methoxy groups -OCH3 is 1. The molecule has 4 fully saturated rings. The summed E-state index contributed by atoms with van der Waals surface area (Å²) in [6, 6.07) is 18.4. The van der Waals surface area contributed by atoms with E-state index in [9.17, 15) is 30.6 Å². The molecule has 57 heavy (non-hydrogen) atoms. The number of aliphatic hydroxyl groups is 3. The highest BCUT2D eigenvalue weighted by atomic mass is 16.5. The summed E-state index contributed by atoms with van der Waals surface area (Å²) in [4.78, 5) is 4.20. The van der Waals surface area contributed by atoms with Crippen LogP contribution in [0.15, 0.2) is 67.0 Å². The first-order valence-corrected chi connectivity index (χ1v) is 21.4. The number of fused-ring (bicyclic) bond motifs is 1. The van der Waals surface area contributed by atoms with Gasteiger partial charge in [-0.1, -0.05) is 79.8 Å². The van der Waals surface area contributed by atoms with E-state index in [1.807, 2.05) is 24.3 Å². The third-order valence-electron chi connectivity index (χ3n) is 14.5. The fraction of sp³-hybridized carbons (Fsp3) is 0.542. The normalized spacial score (nSPS) is 28.6. The maximum absolute atomic E-state index is 11.8. The minimum Gasteiger partial charge on any atom is -0.670 e. The number of rotatable bonds is 12. The summed E-state index contributed by atoms with van der Waals surface area (Å²) in [6.45, 7) is -0.529. The lowest BCUT2D eigenvalue weighted by Crippen LogP contribution is -2.44. The van der Waals surface area contributed by atoms with Crippen LogP contribution in [0.25, 0.3) is 0 Å². The van der Waals surface area contributed by atoms with Gasteiger partial charge in [-0.05, 0) is 116 Å². The molecule has 3 saturated carbocycles. The van der Waals surface area contributed by atoms with Crippen LogP contribution in [-0.4, -0.2) is 56.1 Å². The van der Waals surface area contributed by atoms with Crippen molar-refractivity contribution < 1.29 is 40.1 Å². The van der Waals surface area contributed by atoms with Gasteiger partial charge in [-0.25, -0.2) is 0 Å². The predicted octanol–water partition coefficient (Wildman–Crippen LogP) is 8.31. The van der Waals surface area contributed by atoms with Crippen LogP contribution in [0.5, 0.6) is 23.0 Å². The van der Waals surface area contributed by atoms with Gasteiger partial charge >= 0.3 is 0 Å². The molecule has 8 rings (SSSR count). The number of nitrogens with zero attached hydrogens (tertiary/aromatic N) is 1. The number of phenols is 3. The van der Waals surface area contributed by atoms with E-state index in [-0.39, 0.29) is 47.5 Å². The molecule has 9 atom stereocenters. The Hall–Kier alpha value is -4.02. The van der Waals surface area contributed by atoms with Gasteiger partial charge in [0, 0.05) is 23.5 Å². The Bertz CT molecular complexity index is 1940. The molecule has 3 aliphatic carbocycles. The van der Waals surface area contributed by atoms with Crippen LogP contribution in [-0.2, 0) is 24.2 Å². The largest absolute Gasteiger partial charge is 0.670 e. The number of hydrogen-bond acceptors (Lipinski definition) is 8. The molecule has 9 heteroatoms. The minimum absolute atomic E-state index is 0.0636. The molecule has 0 amide bonds. The van der Waals surface area contributed by atoms with E-state index in [4.69, 9.17) is 9.47 Å². The molecule has 0 bridgehead atoms. The van der Waals surface area contributed by atoms with Crippen LogP contribution in [0.2, 0.25) is 0 Å². The van der Waals surface area contributed by atoms with E-state index in [1.54, 1.807) is 12.4 Å². The van der Waals surface area contributed by atoms with Crippen LogP contribution in [0.3, 0.4) is 0 Å².